The van der Waals surface area contributed by atoms with Gasteiger partial charge in [0.05, 0.1) is 6.10 Å². The van der Waals surface area contributed by atoms with E-state index in [-0.39, 0.29) is 17.3 Å². The fourth-order valence-electron chi connectivity index (χ4n) is 9.51. The van der Waals surface area contributed by atoms with Crippen molar-refractivity contribution in [3.63, 3.8) is 0 Å². The third-order valence-corrected chi connectivity index (χ3v) is 12.0. The Labute approximate surface area is 256 Å². The first-order chi connectivity index (χ1) is 19.7. The molecular formula is C33H52O8S. The first kappa shape index (κ1) is 33.7. The van der Waals surface area contributed by atoms with Crippen LogP contribution in [0.4, 0.5) is 0 Å². The number of allylic oxidation sites excluding steroid dienone is 3. The second kappa shape index (κ2) is 12.7. The van der Waals surface area contributed by atoms with Crippen LogP contribution < -0.4 is 0 Å². The average Bonchev–Trinajstić information content (AvgIpc) is 3.26. The monoisotopic (exact) mass is 608 g/mol. The lowest BCUT2D eigenvalue weighted by atomic mass is 9.45. The van der Waals surface area contributed by atoms with Crippen LogP contribution >= 0.6 is 12.3 Å². The molecule has 2 N–H and O–H groups in total. The maximum atomic E-state index is 12.7. The number of aliphatic hydroxyl groups excluding tert-OH is 1. The highest BCUT2D eigenvalue weighted by atomic mass is 32.2. The van der Waals surface area contributed by atoms with E-state index in [9.17, 15) is 9.90 Å². The van der Waals surface area contributed by atoms with Crippen molar-refractivity contribution in [2.24, 2.45) is 39.9 Å². The number of aliphatic hydroxyl groups is 1. The molecule has 0 radical (unpaired) electrons. The average molecular weight is 609 g/mol. The molecule has 4 aliphatic carbocycles. The summed E-state index contributed by atoms with van der Waals surface area (Å²) in [5.41, 5.74) is 3.79. The third-order valence-electron chi connectivity index (χ3n) is 11.6. The molecular weight excluding hydrogens is 556 g/mol. The second-order valence-corrected chi connectivity index (χ2v) is 14.9. The Balaban J connectivity index is 1.77. The molecule has 1 saturated carbocycles. The van der Waals surface area contributed by atoms with Crippen molar-refractivity contribution in [1.82, 2.24) is 0 Å². The van der Waals surface area contributed by atoms with Crippen LogP contribution in [-0.4, -0.2) is 47.9 Å². The van der Waals surface area contributed by atoms with Crippen molar-refractivity contribution in [2.75, 3.05) is 7.11 Å². The van der Waals surface area contributed by atoms with Crippen LogP contribution in [-0.2, 0) is 27.8 Å². The van der Waals surface area contributed by atoms with Gasteiger partial charge in [0.1, 0.15) is 18.3 Å². The highest BCUT2D eigenvalue weighted by Crippen LogP contribution is 2.68. The maximum Gasteiger partial charge on any atom is 0.303 e. The van der Waals surface area contributed by atoms with Crippen molar-refractivity contribution in [1.29, 1.82) is 0 Å². The van der Waals surface area contributed by atoms with E-state index in [1.54, 1.807) is 7.11 Å². The van der Waals surface area contributed by atoms with Crippen molar-refractivity contribution < 1.29 is 38.2 Å². The smallest absolute Gasteiger partial charge is 0.303 e. The minimum Gasteiger partial charge on any atom is -0.458 e. The van der Waals surface area contributed by atoms with Crippen LogP contribution in [0.3, 0.4) is 0 Å². The molecule has 9 heteroatoms. The van der Waals surface area contributed by atoms with Gasteiger partial charge in [-0.1, -0.05) is 71.7 Å². The summed E-state index contributed by atoms with van der Waals surface area (Å²) in [4.78, 5) is 12.7. The van der Waals surface area contributed by atoms with Gasteiger partial charge in [0, 0.05) is 19.4 Å². The van der Waals surface area contributed by atoms with E-state index in [2.05, 4.69) is 70.5 Å². The van der Waals surface area contributed by atoms with Gasteiger partial charge < -0.3 is 14.6 Å². The summed E-state index contributed by atoms with van der Waals surface area (Å²) in [5, 5.41) is 23.8. The molecule has 4 aliphatic rings. The van der Waals surface area contributed by atoms with Gasteiger partial charge in [-0.15, -0.1) is 4.33 Å². The summed E-state index contributed by atoms with van der Waals surface area (Å²) < 4.78 is 23.0. The number of fused-ring (bicyclic) bond motifs is 4. The van der Waals surface area contributed by atoms with E-state index in [1.807, 2.05) is 0 Å². The highest BCUT2D eigenvalue weighted by molar-refractivity contribution is 7.89. The molecule has 0 aliphatic heterocycles. The van der Waals surface area contributed by atoms with E-state index in [0.29, 0.717) is 36.5 Å². The molecule has 4 rings (SSSR count). The van der Waals surface area contributed by atoms with E-state index >= 15 is 0 Å². The molecule has 0 aromatic heterocycles. The molecule has 9 atom stereocenters. The van der Waals surface area contributed by atoms with Crippen molar-refractivity contribution in [3.8, 4) is 0 Å². The number of rotatable bonds is 11. The Morgan fingerprint density at radius 3 is 2.48 bits per heavy atom. The Morgan fingerprint density at radius 1 is 1.19 bits per heavy atom. The van der Waals surface area contributed by atoms with Gasteiger partial charge in [0.2, 0.25) is 0 Å². The number of esters is 1. The molecule has 8 nitrogen and oxygen atoms in total. The summed E-state index contributed by atoms with van der Waals surface area (Å²) in [6.45, 7) is 21.3. The van der Waals surface area contributed by atoms with Gasteiger partial charge in [0.25, 0.3) is 0 Å². The highest BCUT2D eigenvalue weighted by Gasteiger charge is 2.65. The molecule has 0 unspecified atom stereocenters. The van der Waals surface area contributed by atoms with E-state index < -0.39 is 35.2 Å². The number of hydrogen-bond donors (Lipinski definition) is 2. The first-order valence-electron chi connectivity index (χ1n) is 15.5. The minimum absolute atomic E-state index is 0.145. The standard InChI is InChI=1S/C33H52O8S/c1-18(2)19(3)11-12-20(4)23-14-15-24-22-13-16-26-31(6,7)29(39-42-41-40-36)25(35)17-32(26,8)27(22)28(37-10)30(33(23,24)9)38-21(5)34/h15,18,20,23,25-26,28-30,35-36H,3,11-14,16-17H2,1-2,4-10H3/t20-,23-,25-,26+,28-,29+,30+,32+,33-/m1/s1. The zero-order valence-electron chi connectivity index (χ0n) is 26.9. The van der Waals surface area contributed by atoms with Gasteiger partial charge >= 0.3 is 5.97 Å². The lowest BCUT2D eigenvalue weighted by Crippen LogP contribution is -2.63. The second-order valence-electron chi connectivity index (χ2n) is 14.5. The van der Waals surface area contributed by atoms with Crippen molar-refractivity contribution in [2.45, 2.75) is 118 Å². The first-order valence-corrected chi connectivity index (χ1v) is 16.1. The molecule has 42 heavy (non-hydrogen) atoms. The molecule has 0 saturated heterocycles. The Bertz CT molecular complexity index is 1100. The topological polar surface area (TPSA) is 104 Å². The molecule has 238 valence electrons. The van der Waals surface area contributed by atoms with Gasteiger partial charge in [-0.3, -0.25) is 8.98 Å². The Morgan fingerprint density at radius 2 is 1.88 bits per heavy atom. The summed E-state index contributed by atoms with van der Waals surface area (Å²) in [6, 6.07) is 0. The molecule has 0 aromatic carbocycles. The summed E-state index contributed by atoms with van der Waals surface area (Å²) in [7, 11) is 1.72. The maximum absolute atomic E-state index is 12.7. The number of methoxy groups -OCH3 is 1. The van der Waals surface area contributed by atoms with E-state index in [4.69, 9.17) is 18.9 Å². The molecule has 0 bridgehead atoms. The van der Waals surface area contributed by atoms with Gasteiger partial charge in [0.15, 0.2) is 12.3 Å². The van der Waals surface area contributed by atoms with Crippen molar-refractivity contribution in [3.05, 3.63) is 34.9 Å². The number of ether oxygens (including phenoxy) is 2. The van der Waals surface area contributed by atoms with Gasteiger partial charge in [-0.05, 0) is 89.7 Å². The van der Waals surface area contributed by atoms with Gasteiger partial charge in [-0.25, -0.2) is 5.26 Å². The SMILES string of the molecule is C=C(CC[C@@H](C)[C@H]1CC=C2C3=C([C@@H](OC)[C@H](OC(C)=O)[C@@]21C)[C@@]1(C)C[C@@H](O)[C@H](OSOOO)C(C)(C)[C@@H]1CC3)C(C)C. The van der Waals surface area contributed by atoms with Gasteiger partial charge in [-0.2, -0.15) is 0 Å². The molecule has 0 aromatic rings. The van der Waals surface area contributed by atoms with Crippen LogP contribution in [0.5, 0.6) is 0 Å². The summed E-state index contributed by atoms with van der Waals surface area (Å²) >= 11 is 0.520. The third kappa shape index (κ3) is 5.57. The molecule has 0 heterocycles. The lowest BCUT2D eigenvalue weighted by Gasteiger charge is -2.62. The minimum atomic E-state index is -0.805. The van der Waals surface area contributed by atoms with Crippen LogP contribution in [0.15, 0.2) is 34.9 Å². The molecule has 0 amide bonds. The number of carbonyl (C=O) groups is 1. The van der Waals surface area contributed by atoms with Crippen LogP contribution in [0.2, 0.25) is 0 Å². The zero-order valence-corrected chi connectivity index (χ0v) is 27.7. The Kier molecular flexibility index (Phi) is 10.2. The van der Waals surface area contributed by atoms with Crippen molar-refractivity contribution >= 4 is 18.3 Å². The van der Waals surface area contributed by atoms with E-state index in [1.165, 1.54) is 23.6 Å². The fourth-order valence-corrected chi connectivity index (χ4v) is 10.0. The largest absolute Gasteiger partial charge is 0.458 e. The fraction of sp³-hybridized carbons (Fsp3) is 0.788. The Hall–Kier alpha value is -1.20. The molecule has 0 spiro atoms. The predicted molar refractivity (Wildman–Crippen MR) is 163 cm³/mol. The summed E-state index contributed by atoms with van der Waals surface area (Å²) in [5.74, 6) is 0.998. The molecule has 1 fully saturated rings. The predicted octanol–water partition coefficient (Wildman–Crippen LogP) is 7.40. The normalized spacial score (nSPS) is 38.0. The lowest BCUT2D eigenvalue weighted by molar-refractivity contribution is -0.434. The quantitative estimate of drug-likeness (QED) is 0.0620. The van der Waals surface area contributed by atoms with Crippen LogP contribution in [0, 0.1) is 39.9 Å². The van der Waals surface area contributed by atoms with E-state index in [0.717, 1.165) is 37.7 Å². The zero-order chi connectivity index (χ0) is 31.2. The summed E-state index contributed by atoms with van der Waals surface area (Å²) in [6.07, 6.45) is 5.36. The van der Waals surface area contributed by atoms with Crippen LogP contribution in [0.1, 0.15) is 93.9 Å². The number of carbonyl (C=O) groups excluding carboxylic acids is 1. The van der Waals surface area contributed by atoms with Crippen LogP contribution in [0.25, 0.3) is 0 Å². The number of hydrogen-bond acceptors (Lipinski definition) is 9.